The van der Waals surface area contributed by atoms with Gasteiger partial charge in [0.05, 0.1) is 11.2 Å². The van der Waals surface area contributed by atoms with Crippen LogP contribution < -0.4 is 0 Å². The van der Waals surface area contributed by atoms with E-state index in [0.717, 1.165) is 25.7 Å². The number of rotatable bonds is 2. The van der Waals surface area contributed by atoms with Gasteiger partial charge in [-0.3, -0.25) is 4.79 Å². The molecule has 3 rings (SSSR count). The molecule has 1 aliphatic carbocycles. The molecular formula is C15H18FNO2. The molecule has 1 saturated heterocycles. The third-order valence-electron chi connectivity index (χ3n) is 4.34. The largest absolute Gasteiger partial charge is 0.390 e. The highest BCUT2D eigenvalue weighted by Crippen LogP contribution is 2.45. The lowest BCUT2D eigenvalue weighted by molar-refractivity contribution is 0.0280. The van der Waals surface area contributed by atoms with Gasteiger partial charge in [0.1, 0.15) is 5.82 Å². The van der Waals surface area contributed by atoms with Crippen LogP contribution in [0.3, 0.4) is 0 Å². The minimum Gasteiger partial charge on any atom is -0.390 e. The first-order valence-corrected chi connectivity index (χ1v) is 6.86. The summed E-state index contributed by atoms with van der Waals surface area (Å²) in [6.07, 6.45) is 3.50. The number of hydrogen-bond acceptors (Lipinski definition) is 2. The summed E-state index contributed by atoms with van der Waals surface area (Å²) in [5.74, 6) is -0.580. The lowest BCUT2D eigenvalue weighted by Crippen LogP contribution is -2.44. The number of likely N-dealkylation sites (tertiary alicyclic amines) is 1. The first kappa shape index (κ1) is 12.6. The van der Waals surface area contributed by atoms with Crippen molar-refractivity contribution in [3.8, 4) is 0 Å². The second kappa shape index (κ2) is 4.60. The van der Waals surface area contributed by atoms with Crippen LogP contribution in [0, 0.1) is 11.7 Å². The van der Waals surface area contributed by atoms with Crippen LogP contribution in [-0.4, -0.2) is 34.6 Å². The zero-order valence-corrected chi connectivity index (χ0v) is 10.8. The Kier molecular flexibility index (Phi) is 3.05. The number of nitrogens with zero attached hydrogens (tertiary/aromatic N) is 1. The molecule has 3 nitrogen and oxygen atoms in total. The van der Waals surface area contributed by atoms with E-state index in [0.29, 0.717) is 13.1 Å². The standard InChI is InChI=1S/C15H18FNO2/c16-13-6-2-1-5-12(13)14(18)17-9-3-4-11(10-17)15(19)7-8-15/h1-2,5-6,11,19H,3-4,7-10H2. The van der Waals surface area contributed by atoms with Gasteiger partial charge in [-0.25, -0.2) is 4.39 Å². The summed E-state index contributed by atoms with van der Waals surface area (Å²) in [6.45, 7) is 1.20. The van der Waals surface area contributed by atoms with Gasteiger partial charge in [-0.05, 0) is 37.8 Å². The Bertz CT molecular complexity index is 499. The lowest BCUT2D eigenvalue weighted by atomic mass is 9.90. The van der Waals surface area contributed by atoms with Crippen LogP contribution in [0.4, 0.5) is 4.39 Å². The number of hydrogen-bond donors (Lipinski definition) is 1. The van der Waals surface area contributed by atoms with Gasteiger partial charge >= 0.3 is 0 Å². The molecule has 2 fully saturated rings. The molecule has 19 heavy (non-hydrogen) atoms. The van der Waals surface area contributed by atoms with Crippen LogP contribution in [0.25, 0.3) is 0 Å². The minimum absolute atomic E-state index is 0.130. The number of benzene rings is 1. The van der Waals surface area contributed by atoms with Crippen LogP contribution >= 0.6 is 0 Å². The SMILES string of the molecule is O=C(c1ccccc1F)N1CCCC(C2(O)CC2)C1. The summed E-state index contributed by atoms with van der Waals surface area (Å²) in [5.41, 5.74) is -0.431. The molecule has 2 aliphatic rings. The molecule has 0 aromatic heterocycles. The summed E-state index contributed by atoms with van der Waals surface area (Å²) >= 11 is 0. The molecule has 102 valence electrons. The fourth-order valence-electron chi connectivity index (χ4n) is 2.94. The Morgan fingerprint density at radius 2 is 2.11 bits per heavy atom. The monoisotopic (exact) mass is 263 g/mol. The normalized spacial score (nSPS) is 25.2. The molecule has 1 aromatic rings. The van der Waals surface area contributed by atoms with Gasteiger partial charge in [0.15, 0.2) is 0 Å². The molecule has 1 amide bonds. The van der Waals surface area contributed by atoms with Crippen LogP contribution in [0.2, 0.25) is 0 Å². The van der Waals surface area contributed by atoms with Crippen LogP contribution in [0.15, 0.2) is 24.3 Å². The van der Waals surface area contributed by atoms with Gasteiger partial charge in [-0.2, -0.15) is 0 Å². The second-order valence-corrected chi connectivity index (χ2v) is 5.67. The zero-order chi connectivity index (χ0) is 13.5. The van der Waals surface area contributed by atoms with Crippen molar-refractivity contribution in [2.24, 2.45) is 5.92 Å². The van der Waals surface area contributed by atoms with Crippen molar-refractivity contribution in [2.75, 3.05) is 13.1 Å². The third-order valence-corrected chi connectivity index (χ3v) is 4.34. The Morgan fingerprint density at radius 3 is 2.79 bits per heavy atom. The summed E-state index contributed by atoms with van der Waals surface area (Å²) in [7, 11) is 0. The molecule has 1 saturated carbocycles. The summed E-state index contributed by atoms with van der Waals surface area (Å²) in [4.78, 5) is 14.0. The average Bonchev–Trinajstić information content (AvgIpc) is 3.18. The molecule has 0 bridgehead atoms. The highest BCUT2D eigenvalue weighted by molar-refractivity contribution is 5.94. The van der Waals surface area contributed by atoms with Crippen molar-refractivity contribution >= 4 is 5.91 Å². The van der Waals surface area contributed by atoms with E-state index in [2.05, 4.69) is 0 Å². The summed E-state index contributed by atoms with van der Waals surface area (Å²) in [6, 6.07) is 6.08. The van der Waals surface area contributed by atoms with Crippen molar-refractivity contribution in [1.82, 2.24) is 4.90 Å². The Balaban J connectivity index is 1.75. The molecule has 1 aliphatic heterocycles. The van der Waals surface area contributed by atoms with Crippen LogP contribution in [0.1, 0.15) is 36.0 Å². The Labute approximate surface area is 112 Å². The number of carbonyl (C=O) groups is 1. The number of carbonyl (C=O) groups excluding carboxylic acids is 1. The second-order valence-electron chi connectivity index (χ2n) is 5.67. The highest BCUT2D eigenvalue weighted by Gasteiger charge is 2.49. The van der Waals surface area contributed by atoms with Crippen molar-refractivity contribution in [3.63, 3.8) is 0 Å². The molecule has 0 spiro atoms. The van der Waals surface area contributed by atoms with E-state index in [1.54, 1.807) is 17.0 Å². The van der Waals surface area contributed by atoms with Gasteiger partial charge in [0.2, 0.25) is 0 Å². The summed E-state index contributed by atoms with van der Waals surface area (Å²) < 4.78 is 13.6. The number of aliphatic hydroxyl groups is 1. The predicted octanol–water partition coefficient (Wildman–Crippen LogP) is 2.20. The first-order valence-electron chi connectivity index (χ1n) is 6.86. The smallest absolute Gasteiger partial charge is 0.256 e. The van der Waals surface area contributed by atoms with E-state index in [9.17, 15) is 14.3 Å². The minimum atomic E-state index is -0.561. The molecule has 1 unspecified atom stereocenters. The topological polar surface area (TPSA) is 40.5 Å². The number of halogens is 1. The zero-order valence-electron chi connectivity index (χ0n) is 10.8. The quantitative estimate of drug-likeness (QED) is 0.888. The molecule has 1 N–H and O–H groups in total. The average molecular weight is 263 g/mol. The van der Waals surface area contributed by atoms with E-state index < -0.39 is 11.4 Å². The Morgan fingerprint density at radius 1 is 1.37 bits per heavy atom. The molecular weight excluding hydrogens is 245 g/mol. The first-order chi connectivity index (χ1) is 9.10. The third kappa shape index (κ3) is 2.37. The molecule has 1 heterocycles. The maximum Gasteiger partial charge on any atom is 0.256 e. The van der Waals surface area contributed by atoms with Crippen molar-refractivity contribution in [3.05, 3.63) is 35.6 Å². The molecule has 0 radical (unpaired) electrons. The maximum absolute atomic E-state index is 13.6. The highest BCUT2D eigenvalue weighted by atomic mass is 19.1. The van der Waals surface area contributed by atoms with Gasteiger partial charge in [0.25, 0.3) is 5.91 Å². The van der Waals surface area contributed by atoms with E-state index in [1.807, 2.05) is 0 Å². The number of amides is 1. The predicted molar refractivity (Wildman–Crippen MR) is 69.2 cm³/mol. The van der Waals surface area contributed by atoms with Crippen molar-refractivity contribution in [2.45, 2.75) is 31.3 Å². The van der Waals surface area contributed by atoms with E-state index in [-0.39, 0.29) is 17.4 Å². The van der Waals surface area contributed by atoms with E-state index >= 15 is 0 Å². The molecule has 4 heteroatoms. The number of piperidine rings is 1. The fraction of sp³-hybridized carbons (Fsp3) is 0.533. The van der Waals surface area contributed by atoms with Crippen LogP contribution in [-0.2, 0) is 0 Å². The summed E-state index contributed by atoms with van der Waals surface area (Å²) in [5, 5.41) is 10.2. The van der Waals surface area contributed by atoms with Gasteiger partial charge in [-0.15, -0.1) is 0 Å². The van der Waals surface area contributed by atoms with Crippen molar-refractivity contribution in [1.29, 1.82) is 0 Å². The lowest BCUT2D eigenvalue weighted by Gasteiger charge is -2.35. The molecule has 1 aromatic carbocycles. The van der Waals surface area contributed by atoms with Gasteiger partial charge in [0, 0.05) is 19.0 Å². The van der Waals surface area contributed by atoms with Crippen molar-refractivity contribution < 1.29 is 14.3 Å². The van der Waals surface area contributed by atoms with Gasteiger partial charge < -0.3 is 10.0 Å². The molecule has 1 atom stereocenters. The van der Waals surface area contributed by atoms with E-state index in [1.165, 1.54) is 12.1 Å². The van der Waals surface area contributed by atoms with Gasteiger partial charge in [-0.1, -0.05) is 12.1 Å². The van der Waals surface area contributed by atoms with Crippen LogP contribution in [0.5, 0.6) is 0 Å². The maximum atomic E-state index is 13.6. The van der Waals surface area contributed by atoms with E-state index in [4.69, 9.17) is 0 Å². The fourth-order valence-corrected chi connectivity index (χ4v) is 2.94. The Hall–Kier alpha value is -1.42.